The van der Waals surface area contributed by atoms with E-state index in [-0.39, 0.29) is 17.7 Å². The molecule has 1 saturated heterocycles. The number of carbonyl (C=O) groups excluding carboxylic acids is 2. The molecule has 0 spiro atoms. The third-order valence-electron chi connectivity index (χ3n) is 4.76. The van der Waals surface area contributed by atoms with E-state index in [9.17, 15) is 9.59 Å². The summed E-state index contributed by atoms with van der Waals surface area (Å²) < 4.78 is 0. The Morgan fingerprint density at radius 2 is 1.70 bits per heavy atom. The van der Waals surface area contributed by atoms with Gasteiger partial charge in [0.2, 0.25) is 11.8 Å². The van der Waals surface area contributed by atoms with Gasteiger partial charge in [0.25, 0.3) is 0 Å². The van der Waals surface area contributed by atoms with Gasteiger partial charge in [-0.1, -0.05) is 42.5 Å². The Morgan fingerprint density at radius 3 is 2.41 bits per heavy atom. The highest BCUT2D eigenvalue weighted by atomic mass is 32.2. The van der Waals surface area contributed by atoms with Crippen molar-refractivity contribution < 1.29 is 9.59 Å². The van der Waals surface area contributed by atoms with E-state index in [1.807, 2.05) is 42.5 Å². The maximum Gasteiger partial charge on any atom is 0.238 e. The lowest BCUT2D eigenvalue weighted by atomic mass is 9.96. The average molecular weight is 384 g/mol. The average Bonchev–Trinajstić information content (AvgIpc) is 2.68. The molecule has 2 amide bonds. The smallest absolute Gasteiger partial charge is 0.238 e. The number of hydrogen-bond acceptors (Lipinski definition) is 4. The van der Waals surface area contributed by atoms with Crippen LogP contribution in [-0.2, 0) is 15.3 Å². The number of nitrogens with one attached hydrogen (secondary N) is 1. The van der Waals surface area contributed by atoms with Gasteiger partial charge in [-0.25, -0.2) is 0 Å². The highest BCUT2D eigenvalue weighted by Gasteiger charge is 2.24. The fraction of sp³-hybridized carbons (Fsp3) is 0.333. The van der Waals surface area contributed by atoms with Gasteiger partial charge >= 0.3 is 0 Å². The lowest BCUT2D eigenvalue weighted by molar-refractivity contribution is -0.123. The zero-order valence-electron chi connectivity index (χ0n) is 15.3. The first-order valence-corrected chi connectivity index (χ1v) is 10.2. The summed E-state index contributed by atoms with van der Waals surface area (Å²) in [6.07, 6.45) is 1.46. The highest BCUT2D eigenvalue weighted by Crippen LogP contribution is 2.29. The number of rotatable bonds is 7. The molecule has 0 atom stereocenters. The highest BCUT2D eigenvalue weighted by molar-refractivity contribution is 7.98. The molecule has 0 bridgehead atoms. The summed E-state index contributed by atoms with van der Waals surface area (Å²) in [5.74, 6) is 0.539. The van der Waals surface area contributed by atoms with E-state index >= 15 is 0 Å². The molecule has 2 aromatic carbocycles. The van der Waals surface area contributed by atoms with E-state index in [4.69, 9.17) is 5.73 Å². The topological polar surface area (TPSA) is 75.4 Å². The second-order valence-electron chi connectivity index (χ2n) is 6.77. The van der Waals surface area contributed by atoms with Crippen LogP contribution in [0.5, 0.6) is 0 Å². The van der Waals surface area contributed by atoms with Gasteiger partial charge in [-0.3, -0.25) is 14.5 Å². The van der Waals surface area contributed by atoms with E-state index in [0.29, 0.717) is 6.54 Å². The van der Waals surface area contributed by atoms with Crippen molar-refractivity contribution in [2.75, 3.05) is 25.0 Å². The summed E-state index contributed by atoms with van der Waals surface area (Å²) in [6.45, 7) is 1.79. The van der Waals surface area contributed by atoms with Crippen LogP contribution in [-0.4, -0.2) is 36.3 Å². The second-order valence-corrected chi connectivity index (χ2v) is 7.79. The predicted octanol–water partition coefficient (Wildman–Crippen LogP) is 3.11. The zero-order valence-corrected chi connectivity index (χ0v) is 16.1. The molecule has 0 aromatic heterocycles. The normalized spacial score (nSPS) is 15.4. The molecule has 0 radical (unpaired) electrons. The van der Waals surface area contributed by atoms with Crippen LogP contribution in [0.25, 0.3) is 0 Å². The number of piperidine rings is 1. The van der Waals surface area contributed by atoms with Crippen LogP contribution in [0, 0.1) is 5.92 Å². The largest absolute Gasteiger partial charge is 0.369 e. The van der Waals surface area contributed by atoms with Gasteiger partial charge in [-0.05, 0) is 43.6 Å². The van der Waals surface area contributed by atoms with E-state index in [1.54, 1.807) is 11.8 Å². The van der Waals surface area contributed by atoms with E-state index < -0.39 is 0 Å². The summed E-state index contributed by atoms with van der Waals surface area (Å²) in [4.78, 5) is 26.9. The quantitative estimate of drug-likeness (QED) is 0.721. The first kappa shape index (κ1) is 19.5. The van der Waals surface area contributed by atoms with Gasteiger partial charge in [0, 0.05) is 16.6 Å². The molecular weight excluding hydrogens is 358 g/mol. The number of carbonyl (C=O) groups is 2. The van der Waals surface area contributed by atoms with E-state index in [1.165, 1.54) is 5.56 Å². The molecule has 1 aliphatic rings. The number of hydrogen-bond donors (Lipinski definition) is 2. The Balaban J connectivity index is 1.53. The van der Waals surface area contributed by atoms with Crippen LogP contribution in [0.3, 0.4) is 0 Å². The van der Waals surface area contributed by atoms with Crippen LogP contribution < -0.4 is 11.1 Å². The minimum absolute atomic E-state index is 0.0275. The van der Waals surface area contributed by atoms with E-state index in [2.05, 4.69) is 22.3 Å². The number of amides is 2. The van der Waals surface area contributed by atoms with Crippen molar-refractivity contribution in [3.63, 3.8) is 0 Å². The first-order valence-electron chi connectivity index (χ1n) is 9.19. The summed E-state index contributed by atoms with van der Waals surface area (Å²) in [5, 5.41) is 3.04. The molecule has 27 heavy (non-hydrogen) atoms. The van der Waals surface area contributed by atoms with Gasteiger partial charge in [0.15, 0.2) is 0 Å². The van der Waals surface area contributed by atoms with Crippen LogP contribution in [0.2, 0.25) is 0 Å². The number of nitrogens with two attached hydrogens (primary N) is 1. The molecule has 6 heteroatoms. The Hall–Kier alpha value is -2.31. The molecule has 1 heterocycles. The standard InChI is InChI=1S/C21H25N3O2S/c22-21(26)17-10-12-24(13-11-17)14-20(25)23-18-8-4-5-9-19(18)27-15-16-6-2-1-3-7-16/h1-9,17H,10-15H2,(H2,22,26)(H,23,25). The molecule has 142 valence electrons. The molecule has 0 saturated carbocycles. The summed E-state index contributed by atoms with van der Waals surface area (Å²) in [5.41, 5.74) is 7.46. The number of anilines is 1. The molecular formula is C21H25N3O2S. The maximum absolute atomic E-state index is 12.5. The van der Waals surface area contributed by atoms with Gasteiger partial charge in [-0.2, -0.15) is 0 Å². The lowest BCUT2D eigenvalue weighted by Gasteiger charge is -2.29. The fourth-order valence-electron chi connectivity index (χ4n) is 3.20. The van der Waals surface area contributed by atoms with Gasteiger partial charge in [0.1, 0.15) is 0 Å². The minimum Gasteiger partial charge on any atom is -0.369 e. The molecule has 1 aliphatic heterocycles. The lowest BCUT2D eigenvalue weighted by Crippen LogP contribution is -2.42. The molecule has 3 rings (SSSR count). The molecule has 2 aromatic rings. The van der Waals surface area contributed by atoms with Crippen molar-refractivity contribution in [1.29, 1.82) is 0 Å². The third-order valence-corrected chi connectivity index (χ3v) is 5.90. The Morgan fingerprint density at radius 1 is 1.04 bits per heavy atom. The number of nitrogens with zero attached hydrogens (tertiary/aromatic N) is 1. The summed E-state index contributed by atoms with van der Waals surface area (Å²) >= 11 is 1.71. The van der Waals surface area contributed by atoms with Crippen molar-refractivity contribution in [2.45, 2.75) is 23.5 Å². The van der Waals surface area contributed by atoms with E-state index in [0.717, 1.165) is 42.3 Å². The van der Waals surface area contributed by atoms with Gasteiger partial charge < -0.3 is 11.1 Å². The second kappa shape index (κ2) is 9.58. The van der Waals surface area contributed by atoms with Crippen molar-refractivity contribution in [3.8, 4) is 0 Å². The zero-order chi connectivity index (χ0) is 19.1. The van der Waals surface area contributed by atoms with Crippen LogP contribution >= 0.6 is 11.8 Å². The number of thioether (sulfide) groups is 1. The van der Waals surface area contributed by atoms with Crippen molar-refractivity contribution in [2.24, 2.45) is 11.7 Å². The number of likely N-dealkylation sites (tertiary alicyclic amines) is 1. The number of benzene rings is 2. The number of primary amides is 1. The SMILES string of the molecule is NC(=O)C1CCN(CC(=O)Nc2ccccc2SCc2ccccc2)CC1. The maximum atomic E-state index is 12.5. The molecule has 0 unspecified atom stereocenters. The third kappa shape index (κ3) is 5.84. The van der Waals surface area contributed by atoms with Gasteiger partial charge in [0.05, 0.1) is 12.2 Å². The summed E-state index contributed by atoms with van der Waals surface area (Å²) in [7, 11) is 0. The van der Waals surface area contributed by atoms with Crippen molar-refractivity contribution in [1.82, 2.24) is 4.90 Å². The Labute approximate surface area is 164 Å². The monoisotopic (exact) mass is 383 g/mol. The Kier molecular flexibility index (Phi) is 6.90. The van der Waals surface area contributed by atoms with Gasteiger partial charge in [-0.15, -0.1) is 11.8 Å². The van der Waals surface area contributed by atoms with Crippen LogP contribution in [0.4, 0.5) is 5.69 Å². The van der Waals surface area contributed by atoms with Crippen molar-refractivity contribution >= 4 is 29.3 Å². The van der Waals surface area contributed by atoms with Crippen LogP contribution in [0.15, 0.2) is 59.5 Å². The number of para-hydroxylation sites is 1. The van der Waals surface area contributed by atoms with Crippen LogP contribution in [0.1, 0.15) is 18.4 Å². The predicted molar refractivity (Wildman–Crippen MR) is 109 cm³/mol. The molecule has 1 fully saturated rings. The minimum atomic E-state index is -0.233. The Bertz CT molecular complexity index is 774. The summed E-state index contributed by atoms with van der Waals surface area (Å²) in [6, 6.07) is 18.2. The van der Waals surface area contributed by atoms with Crippen molar-refractivity contribution in [3.05, 3.63) is 60.2 Å². The first-order chi connectivity index (χ1) is 13.1. The molecule has 3 N–H and O–H groups in total. The molecule has 0 aliphatic carbocycles. The molecule has 5 nitrogen and oxygen atoms in total. The fourth-order valence-corrected chi connectivity index (χ4v) is 4.16.